The zero-order valence-electron chi connectivity index (χ0n) is 17.7. The van der Waals surface area contributed by atoms with Gasteiger partial charge in [-0.05, 0) is 45.6 Å². The summed E-state index contributed by atoms with van der Waals surface area (Å²) in [5, 5.41) is 2.82. The van der Waals surface area contributed by atoms with E-state index in [4.69, 9.17) is 4.74 Å². The summed E-state index contributed by atoms with van der Waals surface area (Å²) in [4.78, 5) is 50.7. The van der Waals surface area contributed by atoms with E-state index in [1.807, 2.05) is 19.9 Å². The summed E-state index contributed by atoms with van der Waals surface area (Å²) in [7, 11) is 0. The number of esters is 1. The SMILES string of the molecule is Cc1cc(C(=O)COC(=O)CCN2C(=O)NC3(CCCCC3)C2=O)c(C)n1C1CC1. The van der Waals surface area contributed by atoms with Crippen LogP contribution in [-0.4, -0.2) is 51.8 Å². The summed E-state index contributed by atoms with van der Waals surface area (Å²) < 4.78 is 7.31. The molecule has 3 aliphatic rings. The number of imide groups is 1. The molecule has 8 heteroatoms. The van der Waals surface area contributed by atoms with Gasteiger partial charge in [-0.3, -0.25) is 19.3 Å². The van der Waals surface area contributed by atoms with Crippen molar-refractivity contribution in [2.24, 2.45) is 0 Å². The Bertz CT molecular complexity index is 893. The predicted octanol–water partition coefficient (Wildman–Crippen LogP) is 2.81. The number of carbonyl (C=O) groups excluding carboxylic acids is 4. The number of hydrogen-bond donors (Lipinski definition) is 1. The molecule has 0 radical (unpaired) electrons. The van der Waals surface area contributed by atoms with Crippen LogP contribution in [0.1, 0.15) is 79.2 Å². The van der Waals surface area contributed by atoms with Crippen LogP contribution in [0.4, 0.5) is 4.79 Å². The van der Waals surface area contributed by atoms with E-state index in [0.29, 0.717) is 24.4 Å². The first-order valence-corrected chi connectivity index (χ1v) is 10.8. The third-order valence-corrected chi connectivity index (χ3v) is 6.55. The Kier molecular flexibility index (Phi) is 5.42. The fourth-order valence-electron chi connectivity index (χ4n) is 4.83. The van der Waals surface area contributed by atoms with Crippen molar-refractivity contribution in [1.29, 1.82) is 0 Å². The number of aryl methyl sites for hydroxylation is 1. The second-order valence-corrected chi connectivity index (χ2v) is 8.75. The molecule has 1 aromatic rings. The van der Waals surface area contributed by atoms with Gasteiger partial charge in [-0.15, -0.1) is 0 Å². The first kappa shape index (κ1) is 20.6. The lowest BCUT2D eigenvalue weighted by Crippen LogP contribution is -2.48. The van der Waals surface area contributed by atoms with Gasteiger partial charge in [0.25, 0.3) is 5.91 Å². The fourth-order valence-corrected chi connectivity index (χ4v) is 4.83. The molecule has 1 aliphatic heterocycles. The Balaban J connectivity index is 1.28. The molecule has 162 valence electrons. The Morgan fingerprint density at radius 3 is 2.53 bits per heavy atom. The Labute approximate surface area is 175 Å². The Morgan fingerprint density at radius 2 is 1.87 bits per heavy atom. The zero-order valence-corrected chi connectivity index (χ0v) is 17.7. The minimum absolute atomic E-state index is 0.0321. The molecule has 30 heavy (non-hydrogen) atoms. The third kappa shape index (κ3) is 3.75. The van der Waals surface area contributed by atoms with Crippen molar-refractivity contribution < 1.29 is 23.9 Å². The van der Waals surface area contributed by atoms with E-state index in [9.17, 15) is 19.2 Å². The van der Waals surface area contributed by atoms with Crippen molar-refractivity contribution in [2.45, 2.75) is 76.8 Å². The average Bonchev–Trinajstić information content (AvgIpc) is 3.46. The lowest BCUT2D eigenvalue weighted by Gasteiger charge is -2.30. The molecule has 4 rings (SSSR count). The number of amides is 3. The molecule has 2 heterocycles. The van der Waals surface area contributed by atoms with Gasteiger partial charge in [0.2, 0.25) is 5.78 Å². The summed E-state index contributed by atoms with van der Waals surface area (Å²) in [6, 6.07) is 1.88. The first-order valence-electron chi connectivity index (χ1n) is 10.8. The number of nitrogens with one attached hydrogen (secondary N) is 1. The van der Waals surface area contributed by atoms with Gasteiger partial charge in [0, 0.05) is 29.5 Å². The molecule has 3 fully saturated rings. The molecule has 8 nitrogen and oxygen atoms in total. The molecule has 0 aromatic carbocycles. The first-order chi connectivity index (χ1) is 14.3. The van der Waals surface area contributed by atoms with Gasteiger partial charge in [0.1, 0.15) is 5.54 Å². The fraction of sp³-hybridized carbons (Fsp3) is 0.636. The number of ketones is 1. The van der Waals surface area contributed by atoms with Crippen LogP contribution in [0, 0.1) is 13.8 Å². The van der Waals surface area contributed by atoms with E-state index >= 15 is 0 Å². The number of Topliss-reactive ketones (excluding diaryl/α,β-unsaturated/α-hetero) is 1. The van der Waals surface area contributed by atoms with Crippen LogP contribution in [-0.2, 0) is 14.3 Å². The highest BCUT2D eigenvalue weighted by Gasteiger charge is 2.51. The molecule has 3 amide bonds. The second-order valence-electron chi connectivity index (χ2n) is 8.75. The topological polar surface area (TPSA) is 97.7 Å². The van der Waals surface area contributed by atoms with Gasteiger partial charge in [-0.1, -0.05) is 19.3 Å². The maximum absolute atomic E-state index is 12.7. The van der Waals surface area contributed by atoms with E-state index in [0.717, 1.165) is 48.4 Å². The lowest BCUT2D eigenvalue weighted by molar-refractivity contribution is -0.143. The third-order valence-electron chi connectivity index (χ3n) is 6.55. The standard InChI is InChI=1S/C22H29N3O5/c1-14-12-17(15(2)25(14)16-6-7-16)18(26)13-30-19(27)8-11-24-20(28)22(23-21(24)29)9-4-3-5-10-22/h12,16H,3-11,13H2,1-2H3,(H,23,29). The molecule has 1 aromatic heterocycles. The van der Waals surface area contributed by atoms with Crippen LogP contribution in [0.15, 0.2) is 6.07 Å². The Hall–Kier alpha value is -2.64. The van der Waals surface area contributed by atoms with Crippen LogP contribution in [0.3, 0.4) is 0 Å². The largest absolute Gasteiger partial charge is 0.457 e. The van der Waals surface area contributed by atoms with Crippen molar-refractivity contribution in [3.8, 4) is 0 Å². The van der Waals surface area contributed by atoms with Gasteiger partial charge < -0.3 is 14.6 Å². The van der Waals surface area contributed by atoms with Crippen molar-refractivity contribution in [2.75, 3.05) is 13.2 Å². The molecule has 2 saturated carbocycles. The van der Waals surface area contributed by atoms with Gasteiger partial charge in [-0.25, -0.2) is 4.79 Å². The van der Waals surface area contributed by atoms with Crippen LogP contribution >= 0.6 is 0 Å². The minimum Gasteiger partial charge on any atom is -0.457 e. The minimum atomic E-state index is -0.792. The number of aromatic nitrogens is 1. The molecule has 0 bridgehead atoms. The number of urea groups is 1. The summed E-state index contributed by atoms with van der Waals surface area (Å²) in [6.07, 6.45) is 6.30. The molecule has 0 unspecified atom stereocenters. The number of nitrogens with zero attached hydrogens (tertiary/aromatic N) is 2. The maximum atomic E-state index is 12.7. The van der Waals surface area contributed by atoms with Gasteiger partial charge in [-0.2, -0.15) is 0 Å². The van der Waals surface area contributed by atoms with Crippen LogP contribution in [0.2, 0.25) is 0 Å². The zero-order chi connectivity index (χ0) is 21.5. The number of ether oxygens (including phenoxy) is 1. The quantitative estimate of drug-likeness (QED) is 0.420. The number of rotatable bonds is 7. The van der Waals surface area contributed by atoms with Crippen LogP contribution in [0.5, 0.6) is 0 Å². The van der Waals surface area contributed by atoms with E-state index < -0.39 is 17.5 Å². The molecule has 2 aliphatic carbocycles. The highest BCUT2D eigenvalue weighted by molar-refractivity contribution is 6.07. The van der Waals surface area contributed by atoms with Crippen LogP contribution < -0.4 is 5.32 Å². The molecule has 0 atom stereocenters. The normalized spacial score (nSPS) is 20.5. The van der Waals surface area contributed by atoms with E-state index in [2.05, 4.69) is 9.88 Å². The maximum Gasteiger partial charge on any atom is 0.325 e. The monoisotopic (exact) mass is 415 g/mol. The van der Waals surface area contributed by atoms with E-state index in [-0.39, 0.29) is 31.3 Å². The lowest BCUT2D eigenvalue weighted by atomic mass is 9.82. The highest BCUT2D eigenvalue weighted by Crippen LogP contribution is 2.38. The summed E-state index contributed by atoms with van der Waals surface area (Å²) in [6.45, 7) is 3.53. The highest BCUT2D eigenvalue weighted by atomic mass is 16.5. The molecular formula is C22H29N3O5. The average molecular weight is 415 g/mol. The van der Waals surface area contributed by atoms with Gasteiger partial charge in [0.15, 0.2) is 6.61 Å². The van der Waals surface area contributed by atoms with E-state index in [1.165, 1.54) is 0 Å². The number of hydrogen-bond acceptors (Lipinski definition) is 5. The summed E-state index contributed by atoms with van der Waals surface area (Å²) in [5.74, 6) is -1.08. The van der Waals surface area contributed by atoms with Crippen molar-refractivity contribution in [1.82, 2.24) is 14.8 Å². The Morgan fingerprint density at radius 1 is 1.17 bits per heavy atom. The summed E-state index contributed by atoms with van der Waals surface area (Å²) >= 11 is 0. The van der Waals surface area contributed by atoms with Crippen LogP contribution in [0.25, 0.3) is 0 Å². The van der Waals surface area contributed by atoms with Crippen molar-refractivity contribution >= 4 is 23.7 Å². The van der Waals surface area contributed by atoms with E-state index in [1.54, 1.807) is 0 Å². The molecule has 1 saturated heterocycles. The van der Waals surface area contributed by atoms with Gasteiger partial charge in [0.05, 0.1) is 6.42 Å². The van der Waals surface area contributed by atoms with Gasteiger partial charge >= 0.3 is 12.0 Å². The van der Waals surface area contributed by atoms with Crippen molar-refractivity contribution in [3.05, 3.63) is 23.0 Å². The summed E-state index contributed by atoms with van der Waals surface area (Å²) in [5.41, 5.74) is 1.74. The second kappa shape index (κ2) is 7.89. The number of carbonyl (C=O) groups is 4. The van der Waals surface area contributed by atoms with Crippen molar-refractivity contribution in [3.63, 3.8) is 0 Å². The predicted molar refractivity (Wildman–Crippen MR) is 108 cm³/mol. The molecule has 1 N–H and O–H groups in total. The molecular weight excluding hydrogens is 386 g/mol. The molecule has 1 spiro atoms. The smallest absolute Gasteiger partial charge is 0.325 e.